The third-order valence-corrected chi connectivity index (χ3v) is 2.29. The highest BCUT2D eigenvalue weighted by Crippen LogP contribution is 2.08. The summed E-state index contributed by atoms with van der Waals surface area (Å²) >= 11 is 0. The molecule has 0 aliphatic carbocycles. The Morgan fingerprint density at radius 2 is 2.08 bits per heavy atom. The van der Waals surface area contributed by atoms with E-state index in [1.54, 1.807) is 0 Å². The fourth-order valence-corrected chi connectivity index (χ4v) is 1.65. The SMILES string of the molecule is CCN1CCCN(CC(C)N)C1=O. The van der Waals surface area contributed by atoms with E-state index in [4.69, 9.17) is 5.73 Å². The average molecular weight is 185 g/mol. The molecule has 2 N–H and O–H groups in total. The van der Waals surface area contributed by atoms with Gasteiger partial charge in [-0.15, -0.1) is 0 Å². The van der Waals surface area contributed by atoms with E-state index in [0.29, 0.717) is 6.54 Å². The Morgan fingerprint density at radius 3 is 2.62 bits per heavy atom. The summed E-state index contributed by atoms with van der Waals surface area (Å²) in [5.41, 5.74) is 5.66. The van der Waals surface area contributed by atoms with E-state index >= 15 is 0 Å². The van der Waals surface area contributed by atoms with Gasteiger partial charge in [0, 0.05) is 32.2 Å². The van der Waals surface area contributed by atoms with Gasteiger partial charge in [0.15, 0.2) is 0 Å². The Kier molecular flexibility index (Phi) is 3.54. The zero-order valence-electron chi connectivity index (χ0n) is 8.49. The van der Waals surface area contributed by atoms with Crippen LogP contribution in [0.3, 0.4) is 0 Å². The van der Waals surface area contributed by atoms with Crippen LogP contribution in [0, 0.1) is 0 Å². The Hall–Kier alpha value is -0.770. The third kappa shape index (κ3) is 2.59. The Labute approximate surface area is 79.7 Å². The molecule has 0 bridgehead atoms. The Balaban J connectivity index is 2.50. The van der Waals surface area contributed by atoms with Gasteiger partial charge in [0.05, 0.1) is 0 Å². The molecule has 4 heteroatoms. The molecule has 0 aromatic carbocycles. The zero-order valence-corrected chi connectivity index (χ0v) is 8.49. The number of hydrogen-bond acceptors (Lipinski definition) is 2. The van der Waals surface area contributed by atoms with E-state index in [1.165, 1.54) is 0 Å². The lowest BCUT2D eigenvalue weighted by atomic mass is 10.2. The second-order valence-electron chi connectivity index (χ2n) is 3.64. The topological polar surface area (TPSA) is 49.6 Å². The first-order valence-electron chi connectivity index (χ1n) is 4.94. The van der Waals surface area contributed by atoms with Crippen LogP contribution in [0.25, 0.3) is 0 Å². The van der Waals surface area contributed by atoms with Gasteiger partial charge in [0.1, 0.15) is 0 Å². The number of carbonyl (C=O) groups is 1. The molecule has 1 fully saturated rings. The zero-order chi connectivity index (χ0) is 9.84. The average Bonchev–Trinajstić information content (AvgIpc) is 2.08. The summed E-state index contributed by atoms with van der Waals surface area (Å²) in [4.78, 5) is 15.4. The van der Waals surface area contributed by atoms with E-state index in [-0.39, 0.29) is 12.1 Å². The number of nitrogens with zero attached hydrogens (tertiary/aromatic N) is 2. The first-order valence-corrected chi connectivity index (χ1v) is 4.94. The molecular formula is C9H19N3O. The van der Waals surface area contributed by atoms with Crippen LogP contribution in [0.4, 0.5) is 4.79 Å². The number of nitrogens with two attached hydrogens (primary N) is 1. The molecule has 1 unspecified atom stereocenters. The smallest absolute Gasteiger partial charge is 0.320 e. The minimum atomic E-state index is 0.0701. The molecule has 4 nitrogen and oxygen atoms in total. The molecular weight excluding hydrogens is 166 g/mol. The molecule has 76 valence electrons. The standard InChI is InChI=1S/C9H19N3O/c1-3-11-5-4-6-12(9(11)13)7-8(2)10/h8H,3-7,10H2,1-2H3. The minimum Gasteiger partial charge on any atom is -0.326 e. The maximum atomic E-state index is 11.7. The van der Waals surface area contributed by atoms with Crippen molar-refractivity contribution in [2.24, 2.45) is 5.73 Å². The summed E-state index contributed by atoms with van der Waals surface area (Å²) in [5, 5.41) is 0. The van der Waals surface area contributed by atoms with E-state index < -0.39 is 0 Å². The van der Waals surface area contributed by atoms with Gasteiger partial charge in [0.25, 0.3) is 0 Å². The first kappa shape index (κ1) is 10.3. The summed E-state index contributed by atoms with van der Waals surface area (Å²) < 4.78 is 0. The normalized spacial score (nSPS) is 20.7. The van der Waals surface area contributed by atoms with Crippen molar-refractivity contribution in [1.29, 1.82) is 0 Å². The van der Waals surface area contributed by atoms with Crippen molar-refractivity contribution in [2.45, 2.75) is 26.3 Å². The number of amides is 2. The van der Waals surface area contributed by atoms with Crippen LogP contribution in [-0.2, 0) is 0 Å². The molecule has 1 saturated heterocycles. The first-order chi connectivity index (χ1) is 6.15. The molecule has 1 aliphatic rings. The second kappa shape index (κ2) is 4.46. The number of carbonyl (C=O) groups excluding carboxylic acids is 1. The van der Waals surface area contributed by atoms with Gasteiger partial charge in [-0.3, -0.25) is 0 Å². The summed E-state index contributed by atoms with van der Waals surface area (Å²) in [6, 6.07) is 0.215. The molecule has 13 heavy (non-hydrogen) atoms. The largest absolute Gasteiger partial charge is 0.326 e. The van der Waals surface area contributed by atoms with E-state index in [0.717, 1.165) is 26.1 Å². The fraction of sp³-hybridized carbons (Fsp3) is 0.889. The van der Waals surface area contributed by atoms with Crippen LogP contribution in [0.15, 0.2) is 0 Å². The highest BCUT2D eigenvalue weighted by molar-refractivity contribution is 5.75. The van der Waals surface area contributed by atoms with Crippen LogP contribution in [0.1, 0.15) is 20.3 Å². The van der Waals surface area contributed by atoms with Crippen LogP contribution in [0.2, 0.25) is 0 Å². The van der Waals surface area contributed by atoms with Crippen molar-refractivity contribution in [3.63, 3.8) is 0 Å². The molecule has 1 atom stereocenters. The van der Waals surface area contributed by atoms with Crippen molar-refractivity contribution in [2.75, 3.05) is 26.2 Å². The molecule has 2 amide bonds. The van der Waals surface area contributed by atoms with Gasteiger partial charge in [-0.05, 0) is 20.3 Å². The van der Waals surface area contributed by atoms with E-state index in [1.807, 2.05) is 23.6 Å². The van der Waals surface area contributed by atoms with Gasteiger partial charge in [-0.2, -0.15) is 0 Å². The second-order valence-corrected chi connectivity index (χ2v) is 3.64. The summed E-state index contributed by atoms with van der Waals surface area (Å²) in [5.74, 6) is 0. The molecule has 0 saturated carbocycles. The lowest BCUT2D eigenvalue weighted by molar-refractivity contribution is 0.130. The van der Waals surface area contributed by atoms with E-state index in [9.17, 15) is 4.79 Å². The minimum absolute atomic E-state index is 0.0701. The van der Waals surface area contributed by atoms with Crippen molar-refractivity contribution < 1.29 is 4.79 Å². The van der Waals surface area contributed by atoms with Crippen molar-refractivity contribution in [3.8, 4) is 0 Å². The van der Waals surface area contributed by atoms with Crippen LogP contribution in [-0.4, -0.2) is 48.1 Å². The number of urea groups is 1. The van der Waals surface area contributed by atoms with Crippen LogP contribution in [0.5, 0.6) is 0 Å². The van der Waals surface area contributed by atoms with Gasteiger partial charge < -0.3 is 15.5 Å². The highest BCUT2D eigenvalue weighted by atomic mass is 16.2. The van der Waals surface area contributed by atoms with Crippen molar-refractivity contribution >= 4 is 6.03 Å². The lowest BCUT2D eigenvalue weighted by Crippen LogP contribution is -2.51. The third-order valence-electron chi connectivity index (χ3n) is 2.29. The van der Waals surface area contributed by atoms with Gasteiger partial charge >= 0.3 is 6.03 Å². The maximum Gasteiger partial charge on any atom is 0.320 e. The van der Waals surface area contributed by atoms with Crippen LogP contribution >= 0.6 is 0 Å². The molecule has 1 heterocycles. The van der Waals surface area contributed by atoms with Crippen molar-refractivity contribution in [3.05, 3.63) is 0 Å². The molecule has 1 aliphatic heterocycles. The molecule has 0 spiro atoms. The predicted molar refractivity (Wildman–Crippen MR) is 52.5 cm³/mol. The molecule has 0 radical (unpaired) electrons. The highest BCUT2D eigenvalue weighted by Gasteiger charge is 2.24. The summed E-state index contributed by atoms with van der Waals surface area (Å²) in [6.45, 7) is 7.16. The number of rotatable bonds is 3. The number of hydrogen-bond donors (Lipinski definition) is 1. The quantitative estimate of drug-likeness (QED) is 0.695. The molecule has 1 rings (SSSR count). The molecule has 0 aromatic rings. The van der Waals surface area contributed by atoms with Crippen LogP contribution < -0.4 is 5.73 Å². The van der Waals surface area contributed by atoms with Gasteiger partial charge in [-0.1, -0.05) is 0 Å². The van der Waals surface area contributed by atoms with E-state index in [2.05, 4.69) is 0 Å². The Morgan fingerprint density at radius 1 is 1.46 bits per heavy atom. The fourth-order valence-electron chi connectivity index (χ4n) is 1.65. The predicted octanol–water partition coefficient (Wildman–Crippen LogP) is 0.481. The van der Waals surface area contributed by atoms with Gasteiger partial charge in [0.2, 0.25) is 0 Å². The summed E-state index contributed by atoms with van der Waals surface area (Å²) in [6.07, 6.45) is 1.06. The lowest BCUT2D eigenvalue weighted by Gasteiger charge is -2.35. The molecule has 0 aromatic heterocycles. The van der Waals surface area contributed by atoms with Crippen molar-refractivity contribution in [1.82, 2.24) is 9.80 Å². The Bertz CT molecular complexity index is 182. The summed E-state index contributed by atoms with van der Waals surface area (Å²) in [7, 11) is 0. The monoisotopic (exact) mass is 185 g/mol. The van der Waals surface area contributed by atoms with Gasteiger partial charge in [-0.25, -0.2) is 4.79 Å². The maximum absolute atomic E-state index is 11.7.